The fourth-order valence-electron chi connectivity index (χ4n) is 3.37. The fraction of sp³-hybridized carbons (Fsp3) is 0.350. The van der Waals surface area contributed by atoms with Crippen LogP contribution >= 0.6 is 0 Å². The molecule has 1 fully saturated rings. The molecule has 0 aromatic carbocycles. The number of aromatic amines is 1. The Morgan fingerprint density at radius 2 is 2.14 bits per heavy atom. The minimum absolute atomic E-state index is 0.214. The number of pyridine rings is 1. The summed E-state index contributed by atoms with van der Waals surface area (Å²) in [4.78, 5) is 18.9. The molecule has 8 heteroatoms. The maximum Gasteiger partial charge on any atom is 0.416 e. The van der Waals surface area contributed by atoms with E-state index in [9.17, 15) is 18.0 Å². The van der Waals surface area contributed by atoms with E-state index in [1.807, 2.05) is 6.92 Å². The molecule has 1 N–H and O–H groups in total. The summed E-state index contributed by atoms with van der Waals surface area (Å²) in [5, 5.41) is 7.63. The zero-order valence-electron chi connectivity index (χ0n) is 15.7. The van der Waals surface area contributed by atoms with Gasteiger partial charge in [0.05, 0.1) is 22.9 Å². The molecule has 28 heavy (non-hydrogen) atoms. The molecule has 3 rings (SSSR count). The van der Waals surface area contributed by atoms with Gasteiger partial charge >= 0.3 is 6.18 Å². The van der Waals surface area contributed by atoms with Crippen molar-refractivity contribution in [2.24, 2.45) is 0 Å². The quantitative estimate of drug-likeness (QED) is 0.783. The van der Waals surface area contributed by atoms with Crippen LogP contribution in [0.3, 0.4) is 0 Å². The number of halogens is 3. The first kappa shape index (κ1) is 19.9. The molecule has 3 heterocycles. The van der Waals surface area contributed by atoms with Gasteiger partial charge in [0, 0.05) is 18.1 Å². The van der Waals surface area contributed by atoms with Crippen LogP contribution in [0.5, 0.6) is 0 Å². The van der Waals surface area contributed by atoms with Crippen LogP contribution in [0.2, 0.25) is 0 Å². The molecule has 148 valence electrons. The number of aromatic nitrogens is 3. The van der Waals surface area contributed by atoms with Gasteiger partial charge < -0.3 is 4.90 Å². The first-order valence-electron chi connectivity index (χ1n) is 8.94. The standard InChI is InChI=1S/C20H21F3N4O/c1-4-15(20(21,22)23)8-7-12(2)17-6-5-9-27(17)19(28)14-10-16-13(3)25-26-18(16)24-11-14/h4,7-8,10-11,17H,2,5-6,9H2,1,3H3,(H,24,25,26)/b8-7-,15-4+/t17-/m1/s1. The Balaban J connectivity index is 1.80. The van der Waals surface area contributed by atoms with Crippen molar-refractivity contribution in [3.05, 3.63) is 59.5 Å². The van der Waals surface area contributed by atoms with Gasteiger partial charge in [0.1, 0.15) is 0 Å². The van der Waals surface area contributed by atoms with E-state index < -0.39 is 11.7 Å². The van der Waals surface area contributed by atoms with Crippen molar-refractivity contribution in [1.82, 2.24) is 20.1 Å². The molecule has 0 bridgehead atoms. The molecule has 1 atom stereocenters. The Bertz CT molecular complexity index is 971. The highest BCUT2D eigenvalue weighted by Gasteiger charge is 2.33. The Hall–Kier alpha value is -2.90. The number of H-pyrrole nitrogens is 1. The summed E-state index contributed by atoms with van der Waals surface area (Å²) >= 11 is 0. The summed E-state index contributed by atoms with van der Waals surface area (Å²) in [6.45, 7) is 7.58. The second kappa shape index (κ2) is 7.61. The van der Waals surface area contributed by atoms with Gasteiger partial charge in [0.25, 0.3) is 5.91 Å². The first-order chi connectivity index (χ1) is 13.2. The number of nitrogens with zero attached hydrogens (tertiary/aromatic N) is 3. The van der Waals surface area contributed by atoms with E-state index in [0.29, 0.717) is 29.7 Å². The highest BCUT2D eigenvalue weighted by Crippen LogP contribution is 2.29. The molecule has 1 aliphatic rings. The SMILES string of the molecule is C=C(/C=C\C(=C/C)C(F)(F)F)[C@H]1CCCN1C(=O)c1cnc2[nH]nc(C)c2c1. The van der Waals surface area contributed by atoms with Gasteiger partial charge in [-0.15, -0.1) is 0 Å². The van der Waals surface area contributed by atoms with E-state index in [-0.39, 0.29) is 11.9 Å². The van der Waals surface area contributed by atoms with Gasteiger partial charge in [0.2, 0.25) is 0 Å². The predicted octanol–water partition coefficient (Wildman–Crippen LogP) is 4.49. The molecule has 2 aromatic rings. The highest BCUT2D eigenvalue weighted by atomic mass is 19.4. The van der Waals surface area contributed by atoms with Crippen LogP contribution in [0.1, 0.15) is 35.8 Å². The van der Waals surface area contributed by atoms with E-state index in [1.54, 1.807) is 11.0 Å². The molecular weight excluding hydrogens is 369 g/mol. The number of rotatable bonds is 4. The van der Waals surface area contributed by atoms with E-state index in [2.05, 4.69) is 21.8 Å². The molecule has 2 aromatic heterocycles. The summed E-state index contributed by atoms with van der Waals surface area (Å²) in [6.07, 6.45) is 1.85. The van der Waals surface area contributed by atoms with Crippen molar-refractivity contribution in [3.8, 4) is 0 Å². The van der Waals surface area contributed by atoms with Crippen LogP contribution in [-0.4, -0.2) is 44.8 Å². The fourth-order valence-corrected chi connectivity index (χ4v) is 3.37. The number of fused-ring (bicyclic) bond motifs is 1. The molecule has 5 nitrogen and oxygen atoms in total. The molecule has 1 saturated heterocycles. The number of likely N-dealkylation sites (tertiary alicyclic amines) is 1. The summed E-state index contributed by atoms with van der Waals surface area (Å²) in [5.74, 6) is -0.214. The Kier molecular flexibility index (Phi) is 5.40. The molecule has 1 amide bonds. The molecule has 0 radical (unpaired) electrons. The third kappa shape index (κ3) is 3.85. The number of allylic oxidation sites excluding steroid dienone is 3. The largest absolute Gasteiger partial charge is 0.416 e. The van der Waals surface area contributed by atoms with Crippen LogP contribution in [0.25, 0.3) is 11.0 Å². The second-order valence-electron chi connectivity index (χ2n) is 6.74. The number of alkyl halides is 3. The second-order valence-corrected chi connectivity index (χ2v) is 6.74. The normalized spacial score (nSPS) is 18.4. The third-order valence-corrected chi connectivity index (χ3v) is 4.91. The summed E-state index contributed by atoms with van der Waals surface area (Å²) in [6, 6.07) is 1.40. The number of amides is 1. The minimum Gasteiger partial charge on any atom is -0.332 e. The average molecular weight is 390 g/mol. The van der Waals surface area contributed by atoms with Crippen molar-refractivity contribution in [3.63, 3.8) is 0 Å². The first-order valence-corrected chi connectivity index (χ1v) is 8.94. The van der Waals surface area contributed by atoms with Gasteiger partial charge in [-0.05, 0) is 38.3 Å². The number of hydrogen-bond acceptors (Lipinski definition) is 3. The van der Waals surface area contributed by atoms with E-state index in [4.69, 9.17) is 0 Å². The lowest BCUT2D eigenvalue weighted by atomic mass is 10.0. The van der Waals surface area contributed by atoms with E-state index in [1.165, 1.54) is 19.2 Å². The van der Waals surface area contributed by atoms with Gasteiger partial charge in [-0.1, -0.05) is 24.8 Å². The maximum absolute atomic E-state index is 13.0. The van der Waals surface area contributed by atoms with Gasteiger partial charge in [-0.3, -0.25) is 9.89 Å². The van der Waals surface area contributed by atoms with Crippen molar-refractivity contribution in [1.29, 1.82) is 0 Å². The molecule has 0 unspecified atom stereocenters. The third-order valence-electron chi connectivity index (χ3n) is 4.91. The van der Waals surface area contributed by atoms with Crippen LogP contribution in [0, 0.1) is 6.92 Å². The topological polar surface area (TPSA) is 61.9 Å². The number of carbonyl (C=O) groups is 1. The predicted molar refractivity (Wildman–Crippen MR) is 101 cm³/mol. The lowest BCUT2D eigenvalue weighted by Gasteiger charge is -2.25. The molecule has 0 saturated carbocycles. The summed E-state index contributed by atoms with van der Waals surface area (Å²) in [5.41, 5.74) is 1.50. The number of nitrogens with one attached hydrogen (secondary N) is 1. The maximum atomic E-state index is 13.0. The average Bonchev–Trinajstić information content (AvgIpc) is 3.27. The molecule has 1 aliphatic heterocycles. The number of carbonyl (C=O) groups excluding carboxylic acids is 1. The van der Waals surface area contributed by atoms with Crippen molar-refractivity contribution >= 4 is 16.9 Å². The Labute approximate surface area is 160 Å². The number of hydrogen-bond donors (Lipinski definition) is 1. The molecular formula is C20H21F3N4O. The van der Waals surface area contributed by atoms with Gasteiger partial charge in [-0.25, -0.2) is 4.98 Å². The monoisotopic (exact) mass is 390 g/mol. The van der Waals surface area contributed by atoms with Crippen LogP contribution < -0.4 is 0 Å². The van der Waals surface area contributed by atoms with Crippen molar-refractivity contribution in [2.45, 2.75) is 38.9 Å². The van der Waals surface area contributed by atoms with E-state index in [0.717, 1.165) is 29.7 Å². The van der Waals surface area contributed by atoms with E-state index >= 15 is 0 Å². The Morgan fingerprint density at radius 1 is 1.39 bits per heavy atom. The van der Waals surface area contributed by atoms with Crippen LogP contribution in [-0.2, 0) is 0 Å². The summed E-state index contributed by atoms with van der Waals surface area (Å²) < 4.78 is 38.6. The zero-order chi connectivity index (χ0) is 20.5. The minimum atomic E-state index is -4.42. The zero-order valence-corrected chi connectivity index (χ0v) is 15.7. The van der Waals surface area contributed by atoms with Crippen LogP contribution in [0.4, 0.5) is 13.2 Å². The van der Waals surface area contributed by atoms with Gasteiger partial charge in [-0.2, -0.15) is 18.3 Å². The molecule has 0 spiro atoms. The van der Waals surface area contributed by atoms with Crippen molar-refractivity contribution in [2.75, 3.05) is 6.54 Å². The van der Waals surface area contributed by atoms with Crippen molar-refractivity contribution < 1.29 is 18.0 Å². The van der Waals surface area contributed by atoms with Crippen LogP contribution in [0.15, 0.2) is 48.2 Å². The summed E-state index contributed by atoms with van der Waals surface area (Å²) in [7, 11) is 0. The Morgan fingerprint density at radius 3 is 2.82 bits per heavy atom. The highest BCUT2D eigenvalue weighted by molar-refractivity contribution is 5.97. The number of aryl methyl sites for hydroxylation is 1. The lowest BCUT2D eigenvalue weighted by Crippen LogP contribution is -2.36. The van der Waals surface area contributed by atoms with Gasteiger partial charge in [0.15, 0.2) is 5.65 Å². The molecule has 0 aliphatic carbocycles. The lowest BCUT2D eigenvalue weighted by molar-refractivity contribution is -0.0883. The smallest absolute Gasteiger partial charge is 0.332 e.